The number of halogens is 1. The third kappa shape index (κ3) is 4.04. The summed E-state index contributed by atoms with van der Waals surface area (Å²) in [5.41, 5.74) is 8.60. The standard InChI is InChI=1S/C21H26FN3O2/c1-20(2,3)27-19(26)25-12-21(4,5)17-16(25)11-15(24-18(17)23)10-13-6-8-14(22)9-7-13/h6-9,11H,10,12H2,1-5H3,(H2,23,24). The molecule has 1 aliphatic heterocycles. The molecule has 0 saturated heterocycles. The monoisotopic (exact) mass is 371 g/mol. The molecular weight excluding hydrogens is 345 g/mol. The largest absolute Gasteiger partial charge is 0.443 e. The number of anilines is 2. The number of carbonyl (C=O) groups is 1. The van der Waals surface area contributed by atoms with Crippen LogP contribution in [0, 0.1) is 5.82 Å². The molecule has 2 N–H and O–H groups in total. The maximum atomic E-state index is 13.1. The molecule has 1 aliphatic rings. The SMILES string of the molecule is CC(C)(C)OC(=O)N1CC(C)(C)c2c1cc(Cc1ccc(F)cc1)nc2N. The van der Waals surface area contributed by atoms with E-state index in [1.165, 1.54) is 12.1 Å². The van der Waals surface area contributed by atoms with Gasteiger partial charge in [-0.1, -0.05) is 26.0 Å². The normalized spacial score (nSPS) is 15.6. The predicted octanol–water partition coefficient (Wildman–Crippen LogP) is 4.43. The van der Waals surface area contributed by atoms with Crippen molar-refractivity contribution in [1.29, 1.82) is 0 Å². The van der Waals surface area contributed by atoms with Crippen LogP contribution in [0.5, 0.6) is 0 Å². The van der Waals surface area contributed by atoms with E-state index in [2.05, 4.69) is 4.98 Å². The zero-order valence-electron chi connectivity index (χ0n) is 16.5. The fraction of sp³-hybridized carbons (Fsp3) is 0.429. The Bertz CT molecular complexity index is 870. The number of ether oxygens (including phenoxy) is 1. The van der Waals surface area contributed by atoms with Gasteiger partial charge in [0.05, 0.1) is 5.69 Å². The summed E-state index contributed by atoms with van der Waals surface area (Å²) in [4.78, 5) is 18.9. The number of hydrogen-bond acceptors (Lipinski definition) is 4. The van der Waals surface area contributed by atoms with Crippen LogP contribution in [0.2, 0.25) is 0 Å². The molecule has 5 nitrogen and oxygen atoms in total. The molecule has 2 aromatic rings. The summed E-state index contributed by atoms with van der Waals surface area (Å²) in [5, 5.41) is 0. The average Bonchev–Trinajstić information content (AvgIpc) is 2.80. The molecule has 1 amide bonds. The van der Waals surface area contributed by atoms with Gasteiger partial charge in [0.2, 0.25) is 0 Å². The molecule has 144 valence electrons. The Morgan fingerprint density at radius 2 is 1.93 bits per heavy atom. The van der Waals surface area contributed by atoms with Crippen LogP contribution in [-0.2, 0) is 16.6 Å². The number of hydrogen-bond donors (Lipinski definition) is 1. The number of nitrogens with zero attached hydrogens (tertiary/aromatic N) is 2. The van der Waals surface area contributed by atoms with E-state index in [1.807, 2.05) is 40.7 Å². The minimum absolute atomic E-state index is 0.280. The fourth-order valence-corrected chi connectivity index (χ4v) is 3.45. The average molecular weight is 371 g/mol. The Morgan fingerprint density at radius 1 is 1.30 bits per heavy atom. The summed E-state index contributed by atoms with van der Waals surface area (Å²) < 4.78 is 18.7. The topological polar surface area (TPSA) is 68.5 Å². The summed E-state index contributed by atoms with van der Waals surface area (Å²) >= 11 is 0. The first-order valence-electron chi connectivity index (χ1n) is 9.01. The van der Waals surface area contributed by atoms with Gasteiger partial charge in [0, 0.05) is 29.6 Å². The maximum absolute atomic E-state index is 13.1. The maximum Gasteiger partial charge on any atom is 0.414 e. The Labute approximate surface area is 159 Å². The van der Waals surface area contributed by atoms with E-state index in [1.54, 1.807) is 17.0 Å². The van der Waals surface area contributed by atoms with Crippen LogP contribution in [0.4, 0.5) is 20.7 Å². The molecular formula is C21H26FN3O2. The first-order valence-corrected chi connectivity index (χ1v) is 9.01. The van der Waals surface area contributed by atoms with Crippen LogP contribution >= 0.6 is 0 Å². The van der Waals surface area contributed by atoms with Gasteiger partial charge in [0.1, 0.15) is 17.2 Å². The molecule has 6 heteroatoms. The summed E-state index contributed by atoms with van der Waals surface area (Å²) in [6.07, 6.45) is 0.105. The molecule has 0 radical (unpaired) electrons. The summed E-state index contributed by atoms with van der Waals surface area (Å²) in [5.74, 6) is 0.138. The van der Waals surface area contributed by atoms with Crippen LogP contribution in [0.25, 0.3) is 0 Å². The number of aromatic nitrogens is 1. The van der Waals surface area contributed by atoms with Gasteiger partial charge in [-0.25, -0.2) is 14.2 Å². The molecule has 1 aromatic heterocycles. The zero-order chi connectivity index (χ0) is 20.0. The molecule has 1 aromatic carbocycles. The number of pyridine rings is 1. The summed E-state index contributed by atoms with van der Waals surface area (Å²) in [6.45, 7) is 10.1. The van der Waals surface area contributed by atoms with Crippen molar-refractivity contribution in [3.63, 3.8) is 0 Å². The predicted molar refractivity (Wildman–Crippen MR) is 104 cm³/mol. The van der Waals surface area contributed by atoms with Crippen molar-refractivity contribution in [2.75, 3.05) is 17.2 Å². The molecule has 0 fully saturated rings. The third-order valence-corrected chi connectivity index (χ3v) is 4.51. The van der Waals surface area contributed by atoms with Gasteiger partial charge in [-0.2, -0.15) is 0 Å². The molecule has 0 bridgehead atoms. The highest BCUT2D eigenvalue weighted by Gasteiger charge is 2.42. The van der Waals surface area contributed by atoms with Crippen LogP contribution in [0.1, 0.15) is 51.4 Å². The minimum Gasteiger partial charge on any atom is -0.443 e. The van der Waals surface area contributed by atoms with Gasteiger partial charge >= 0.3 is 6.09 Å². The summed E-state index contributed by atoms with van der Waals surface area (Å²) in [6, 6.07) is 8.16. The van der Waals surface area contributed by atoms with Gasteiger partial charge in [-0.15, -0.1) is 0 Å². The van der Waals surface area contributed by atoms with Gasteiger partial charge in [-0.3, -0.25) is 4.90 Å². The van der Waals surface area contributed by atoms with Crippen LogP contribution < -0.4 is 10.6 Å². The van der Waals surface area contributed by atoms with Crippen molar-refractivity contribution in [2.24, 2.45) is 0 Å². The minimum atomic E-state index is -0.584. The van der Waals surface area contributed by atoms with E-state index in [-0.39, 0.29) is 11.2 Å². The van der Waals surface area contributed by atoms with Gasteiger partial charge < -0.3 is 10.5 Å². The molecule has 0 spiro atoms. The van der Waals surface area contributed by atoms with Gasteiger partial charge in [0.25, 0.3) is 0 Å². The lowest BCUT2D eigenvalue weighted by atomic mass is 9.87. The second-order valence-corrected chi connectivity index (χ2v) is 8.65. The van der Waals surface area contributed by atoms with Crippen molar-refractivity contribution in [2.45, 2.75) is 52.1 Å². The molecule has 27 heavy (non-hydrogen) atoms. The quantitative estimate of drug-likeness (QED) is 0.848. The van der Waals surface area contributed by atoms with Gasteiger partial charge in [0.15, 0.2) is 0 Å². The molecule has 0 unspecified atom stereocenters. The molecule has 0 aliphatic carbocycles. The van der Waals surface area contributed by atoms with Crippen molar-refractivity contribution < 1.29 is 13.9 Å². The Morgan fingerprint density at radius 3 is 2.52 bits per heavy atom. The first kappa shape index (κ1) is 19.1. The highest BCUT2D eigenvalue weighted by atomic mass is 19.1. The highest BCUT2D eigenvalue weighted by Crippen LogP contribution is 2.44. The lowest BCUT2D eigenvalue weighted by molar-refractivity contribution is 0.0579. The van der Waals surface area contributed by atoms with E-state index in [4.69, 9.17) is 10.5 Å². The zero-order valence-corrected chi connectivity index (χ0v) is 16.5. The number of nitrogens with two attached hydrogens (primary N) is 1. The number of rotatable bonds is 2. The van der Waals surface area contributed by atoms with Gasteiger partial charge in [-0.05, 0) is 44.5 Å². The van der Waals surface area contributed by atoms with Crippen molar-refractivity contribution >= 4 is 17.6 Å². The van der Waals surface area contributed by atoms with E-state index in [0.29, 0.717) is 18.8 Å². The number of nitrogen functional groups attached to an aromatic ring is 1. The Kier molecular flexibility index (Phi) is 4.62. The van der Waals surface area contributed by atoms with Crippen LogP contribution in [-0.4, -0.2) is 23.2 Å². The van der Waals surface area contributed by atoms with Crippen molar-refractivity contribution in [1.82, 2.24) is 4.98 Å². The second-order valence-electron chi connectivity index (χ2n) is 8.65. The smallest absolute Gasteiger partial charge is 0.414 e. The number of benzene rings is 1. The van der Waals surface area contributed by atoms with Crippen molar-refractivity contribution in [3.05, 3.63) is 53.0 Å². The second kappa shape index (κ2) is 6.51. The third-order valence-electron chi connectivity index (χ3n) is 4.51. The lowest BCUT2D eigenvalue weighted by Crippen LogP contribution is -2.38. The van der Waals surface area contributed by atoms with E-state index < -0.39 is 11.7 Å². The first-order chi connectivity index (χ1) is 12.5. The van der Waals surface area contributed by atoms with Crippen LogP contribution in [0.3, 0.4) is 0 Å². The summed E-state index contributed by atoms with van der Waals surface area (Å²) in [7, 11) is 0. The van der Waals surface area contributed by atoms with Crippen LogP contribution in [0.15, 0.2) is 30.3 Å². The lowest BCUT2D eigenvalue weighted by Gasteiger charge is -2.26. The van der Waals surface area contributed by atoms with E-state index >= 15 is 0 Å². The number of amides is 1. The molecule has 3 rings (SSSR count). The van der Waals surface area contributed by atoms with E-state index in [9.17, 15) is 9.18 Å². The van der Waals surface area contributed by atoms with Crippen molar-refractivity contribution in [3.8, 4) is 0 Å². The fourth-order valence-electron chi connectivity index (χ4n) is 3.45. The molecule has 0 saturated carbocycles. The number of carbonyl (C=O) groups excluding carboxylic acids is 1. The highest BCUT2D eigenvalue weighted by molar-refractivity contribution is 5.93. The molecule has 0 atom stereocenters. The number of fused-ring (bicyclic) bond motifs is 1. The Hall–Kier alpha value is -2.63. The Balaban J connectivity index is 1.98. The van der Waals surface area contributed by atoms with E-state index in [0.717, 1.165) is 22.5 Å². The molecule has 2 heterocycles.